The minimum Gasteiger partial charge on any atom is -0.399 e. The molecule has 1 aliphatic carbocycles. The number of carbonyl (C=O) groups is 1. The van der Waals surface area contributed by atoms with E-state index in [0.717, 1.165) is 36.7 Å². The Hall–Kier alpha value is -2.19. The molecule has 0 bridgehead atoms. The summed E-state index contributed by atoms with van der Waals surface area (Å²) in [5.41, 5.74) is 2.34. The van der Waals surface area contributed by atoms with Crippen LogP contribution in [-0.2, 0) is 21.1 Å². The van der Waals surface area contributed by atoms with Crippen molar-refractivity contribution in [1.29, 1.82) is 0 Å². The average molecular weight is 439 g/mol. The van der Waals surface area contributed by atoms with Crippen molar-refractivity contribution in [2.45, 2.75) is 96.8 Å². The van der Waals surface area contributed by atoms with Gasteiger partial charge in [-0.2, -0.15) is 4.98 Å². The number of carbonyl (C=O) groups excluding carboxylic acids is 1. The monoisotopic (exact) mass is 439 g/mol. The molecule has 1 saturated heterocycles. The Kier molecular flexibility index (Phi) is 5.74. The van der Waals surface area contributed by atoms with Gasteiger partial charge in [0, 0.05) is 5.41 Å². The number of amides is 1. The van der Waals surface area contributed by atoms with Gasteiger partial charge in [0.15, 0.2) is 5.82 Å². The molecule has 1 fully saturated rings. The predicted molar refractivity (Wildman–Crippen MR) is 123 cm³/mol. The van der Waals surface area contributed by atoms with Crippen LogP contribution >= 0.6 is 0 Å². The summed E-state index contributed by atoms with van der Waals surface area (Å²) in [5.74, 6) is 0.200. The van der Waals surface area contributed by atoms with Gasteiger partial charge in [-0.15, -0.1) is 0 Å². The molecule has 0 saturated carbocycles. The molecule has 0 spiro atoms. The van der Waals surface area contributed by atoms with Crippen molar-refractivity contribution < 1.29 is 18.6 Å². The van der Waals surface area contributed by atoms with Crippen LogP contribution in [0.3, 0.4) is 0 Å². The van der Waals surface area contributed by atoms with Gasteiger partial charge < -0.3 is 19.1 Å². The van der Waals surface area contributed by atoms with Crippen molar-refractivity contribution >= 4 is 18.5 Å². The van der Waals surface area contributed by atoms with Gasteiger partial charge >= 0.3 is 18.9 Å². The van der Waals surface area contributed by atoms with Crippen molar-refractivity contribution in [3.8, 4) is 0 Å². The zero-order valence-electron chi connectivity index (χ0n) is 20.2. The predicted octanol–water partition coefficient (Wildman–Crippen LogP) is 3.86. The van der Waals surface area contributed by atoms with E-state index in [0.29, 0.717) is 5.82 Å². The Bertz CT molecular complexity index is 993. The lowest BCUT2D eigenvalue weighted by atomic mass is 9.77. The third-order valence-corrected chi connectivity index (χ3v) is 6.85. The summed E-state index contributed by atoms with van der Waals surface area (Å²) in [6, 6.07) is 6.22. The summed E-state index contributed by atoms with van der Waals surface area (Å²) in [7, 11) is -0.393. The fourth-order valence-corrected chi connectivity index (χ4v) is 4.12. The molecule has 172 valence electrons. The van der Waals surface area contributed by atoms with E-state index in [-0.39, 0.29) is 34.5 Å². The van der Waals surface area contributed by atoms with Crippen LogP contribution in [-0.4, -0.2) is 34.4 Å². The summed E-state index contributed by atoms with van der Waals surface area (Å²) < 4.78 is 17.7. The molecule has 1 aromatic carbocycles. The van der Waals surface area contributed by atoms with Crippen LogP contribution in [0.4, 0.5) is 0 Å². The van der Waals surface area contributed by atoms with Crippen LogP contribution in [0, 0.1) is 0 Å². The first-order valence-corrected chi connectivity index (χ1v) is 11.5. The van der Waals surface area contributed by atoms with Gasteiger partial charge in [0.25, 0.3) is 0 Å². The number of aromatic nitrogens is 2. The quantitative estimate of drug-likeness (QED) is 0.577. The summed E-state index contributed by atoms with van der Waals surface area (Å²) in [6.45, 7) is 14.2. The number of hydrogen-bond donors (Lipinski definition) is 1. The number of nitrogens with zero attached hydrogens (tertiary/aromatic N) is 2. The third-order valence-electron chi connectivity index (χ3n) is 6.85. The number of aryl methyl sites for hydroxylation is 1. The molecule has 2 aliphatic rings. The smallest absolute Gasteiger partial charge is 0.399 e. The lowest BCUT2D eigenvalue weighted by Gasteiger charge is -2.32. The highest BCUT2D eigenvalue weighted by atomic mass is 16.7. The summed E-state index contributed by atoms with van der Waals surface area (Å²) in [5, 5.41) is 7.08. The zero-order chi connectivity index (χ0) is 23.3. The first kappa shape index (κ1) is 23.0. The van der Waals surface area contributed by atoms with Gasteiger partial charge in [-0.25, -0.2) is 0 Å². The summed E-state index contributed by atoms with van der Waals surface area (Å²) in [6.07, 6.45) is 3.93. The number of rotatable bonds is 3. The molecule has 7 nitrogen and oxygen atoms in total. The number of fused-ring (bicyclic) bond motifs is 1. The van der Waals surface area contributed by atoms with E-state index in [4.69, 9.17) is 13.8 Å². The highest BCUT2D eigenvalue weighted by Crippen LogP contribution is 2.37. The fraction of sp³-hybridized carbons (Fsp3) is 0.625. The van der Waals surface area contributed by atoms with Crippen molar-refractivity contribution in [3.05, 3.63) is 41.0 Å². The van der Waals surface area contributed by atoms with Crippen LogP contribution in [0.25, 0.3) is 0 Å². The molecule has 1 amide bonds. The van der Waals surface area contributed by atoms with E-state index in [9.17, 15) is 4.79 Å². The van der Waals surface area contributed by atoms with Crippen molar-refractivity contribution in [2.75, 3.05) is 0 Å². The lowest BCUT2D eigenvalue weighted by molar-refractivity contribution is 0.00578. The van der Waals surface area contributed by atoms with E-state index >= 15 is 0 Å². The Labute approximate surface area is 190 Å². The molecule has 1 aliphatic heterocycles. The van der Waals surface area contributed by atoms with E-state index in [1.165, 1.54) is 5.56 Å². The van der Waals surface area contributed by atoms with Crippen LogP contribution in [0.2, 0.25) is 0 Å². The fourth-order valence-electron chi connectivity index (χ4n) is 4.12. The molecule has 0 radical (unpaired) electrons. The van der Waals surface area contributed by atoms with Gasteiger partial charge in [0.1, 0.15) is 0 Å². The molecular formula is C24H34BN3O4. The van der Waals surface area contributed by atoms with Crippen molar-refractivity contribution in [1.82, 2.24) is 15.5 Å². The number of benzene rings is 1. The molecule has 4 rings (SSSR count). The number of hydrogen-bond acceptors (Lipinski definition) is 6. The van der Waals surface area contributed by atoms with Gasteiger partial charge in [0.05, 0.1) is 17.2 Å². The molecule has 1 aromatic heterocycles. The SMILES string of the molecule is CC(C)(C)c1noc(C(=O)NC2CCCCc3cc(B4OC(C)(C)C(C)(C)O4)ccc32)n1. The second-order valence-electron chi connectivity index (χ2n) is 11.0. The third kappa shape index (κ3) is 4.35. The van der Waals surface area contributed by atoms with Crippen LogP contribution < -0.4 is 10.8 Å². The van der Waals surface area contributed by atoms with Gasteiger partial charge in [0.2, 0.25) is 0 Å². The lowest BCUT2D eigenvalue weighted by Crippen LogP contribution is -2.41. The highest BCUT2D eigenvalue weighted by molar-refractivity contribution is 6.62. The van der Waals surface area contributed by atoms with Crippen molar-refractivity contribution in [3.63, 3.8) is 0 Å². The minimum absolute atomic E-state index is 0.00885. The molecule has 2 heterocycles. The van der Waals surface area contributed by atoms with E-state index in [2.05, 4.69) is 61.4 Å². The first-order chi connectivity index (χ1) is 14.9. The molecule has 1 N–H and O–H groups in total. The highest BCUT2D eigenvalue weighted by Gasteiger charge is 2.51. The summed E-state index contributed by atoms with van der Waals surface area (Å²) in [4.78, 5) is 17.1. The van der Waals surface area contributed by atoms with E-state index < -0.39 is 7.12 Å². The Morgan fingerprint density at radius 3 is 2.44 bits per heavy atom. The topological polar surface area (TPSA) is 86.5 Å². The molecule has 1 atom stereocenters. The Balaban J connectivity index is 1.55. The average Bonchev–Trinajstić information content (AvgIpc) is 3.21. The normalized spacial score (nSPS) is 22.3. The summed E-state index contributed by atoms with van der Waals surface area (Å²) >= 11 is 0. The maximum Gasteiger partial charge on any atom is 0.494 e. The number of nitrogens with one attached hydrogen (secondary N) is 1. The minimum atomic E-state index is -0.393. The maximum absolute atomic E-state index is 12.8. The van der Waals surface area contributed by atoms with Gasteiger partial charge in [-0.3, -0.25) is 4.79 Å². The van der Waals surface area contributed by atoms with Crippen LogP contribution in [0.1, 0.15) is 101 Å². The molecule has 32 heavy (non-hydrogen) atoms. The van der Waals surface area contributed by atoms with Crippen molar-refractivity contribution in [2.24, 2.45) is 0 Å². The van der Waals surface area contributed by atoms with Gasteiger partial charge in [-0.1, -0.05) is 50.5 Å². The molecular weight excluding hydrogens is 405 g/mol. The van der Waals surface area contributed by atoms with Crippen LogP contribution in [0.5, 0.6) is 0 Å². The van der Waals surface area contributed by atoms with Crippen LogP contribution in [0.15, 0.2) is 22.7 Å². The maximum atomic E-state index is 12.8. The molecule has 1 unspecified atom stereocenters. The van der Waals surface area contributed by atoms with E-state index in [1.54, 1.807) is 0 Å². The standard InChI is InChI=1S/C24H34BN3O4/c1-22(2,3)21-27-20(30-28-21)19(29)26-18-11-9-8-10-15-14-16(12-13-17(15)18)25-31-23(4,5)24(6,7)32-25/h12-14,18H,8-11H2,1-7H3,(H,26,29). The molecule has 8 heteroatoms. The Morgan fingerprint density at radius 2 is 1.81 bits per heavy atom. The Morgan fingerprint density at radius 1 is 1.12 bits per heavy atom. The van der Waals surface area contributed by atoms with E-state index in [1.807, 2.05) is 20.8 Å². The first-order valence-electron chi connectivity index (χ1n) is 11.5. The molecule has 2 aromatic rings. The second kappa shape index (κ2) is 7.99. The largest absolute Gasteiger partial charge is 0.494 e. The van der Waals surface area contributed by atoms with Gasteiger partial charge in [-0.05, 0) is 63.5 Å². The second-order valence-corrected chi connectivity index (χ2v) is 11.0. The zero-order valence-corrected chi connectivity index (χ0v) is 20.2.